The van der Waals surface area contributed by atoms with Crippen LogP contribution in [-0.2, 0) is 15.1 Å². The third-order valence-electron chi connectivity index (χ3n) is 4.83. The van der Waals surface area contributed by atoms with Crippen molar-refractivity contribution in [3.8, 4) is 0 Å². The van der Waals surface area contributed by atoms with E-state index in [-0.39, 0.29) is 6.54 Å². The second-order valence-corrected chi connectivity index (χ2v) is 7.77. The molecule has 1 unspecified atom stereocenters. The molecule has 2 aromatic carbocycles. The molecule has 1 atom stereocenters. The Morgan fingerprint density at radius 3 is 2.54 bits per heavy atom. The molecule has 6 nitrogen and oxygen atoms in total. The quantitative estimate of drug-likeness (QED) is 0.663. The molecule has 0 spiro atoms. The van der Waals surface area contributed by atoms with Crippen LogP contribution in [0.3, 0.4) is 0 Å². The van der Waals surface area contributed by atoms with Gasteiger partial charge in [0, 0.05) is 10.2 Å². The predicted octanol–water partition coefficient (Wildman–Crippen LogP) is 3.94. The summed E-state index contributed by atoms with van der Waals surface area (Å²) in [5.41, 5.74) is 1.12. The summed E-state index contributed by atoms with van der Waals surface area (Å²) in [7, 11) is 0. The Bertz CT molecular complexity index is 916. The highest BCUT2D eigenvalue weighted by Crippen LogP contribution is 2.33. The molecule has 3 rings (SSSR count). The fourth-order valence-corrected chi connectivity index (χ4v) is 3.95. The Hall–Kier alpha value is -2.67. The summed E-state index contributed by atoms with van der Waals surface area (Å²) in [5.74, 6) is -0.817. The van der Waals surface area contributed by atoms with Gasteiger partial charge in [0.05, 0.1) is 0 Å². The minimum absolute atomic E-state index is 0.335. The normalized spacial score (nSPS) is 18.9. The van der Waals surface area contributed by atoms with Crippen LogP contribution in [0.2, 0.25) is 0 Å². The topological polar surface area (TPSA) is 78.5 Å². The Morgan fingerprint density at radius 1 is 1.18 bits per heavy atom. The largest absolute Gasteiger partial charge is 0.325 e. The molecule has 1 fully saturated rings. The summed E-state index contributed by atoms with van der Waals surface area (Å²) in [4.78, 5) is 39.2. The highest BCUT2D eigenvalue weighted by atomic mass is 79.9. The summed E-state index contributed by atoms with van der Waals surface area (Å²) in [5, 5.41) is 5.59. The van der Waals surface area contributed by atoms with Gasteiger partial charge >= 0.3 is 6.03 Å². The lowest BCUT2D eigenvalue weighted by atomic mass is 9.85. The third kappa shape index (κ3) is 3.80. The first-order valence-corrected chi connectivity index (χ1v) is 9.92. The molecule has 28 heavy (non-hydrogen) atoms. The van der Waals surface area contributed by atoms with Crippen LogP contribution in [0, 0.1) is 6.92 Å². The number of hydrogen-bond acceptors (Lipinski definition) is 3. The van der Waals surface area contributed by atoms with Gasteiger partial charge in [0.1, 0.15) is 12.1 Å². The van der Waals surface area contributed by atoms with Crippen molar-refractivity contribution >= 4 is 39.5 Å². The molecule has 2 N–H and O–H groups in total. The number of anilines is 1. The summed E-state index contributed by atoms with van der Waals surface area (Å²) in [6.07, 6.45) is 1.17. The molecule has 1 aliphatic heterocycles. The number of benzene rings is 2. The highest BCUT2D eigenvalue weighted by molar-refractivity contribution is 9.10. The van der Waals surface area contributed by atoms with E-state index in [0.29, 0.717) is 18.5 Å². The van der Waals surface area contributed by atoms with Gasteiger partial charge in [0.25, 0.3) is 5.91 Å². The first kappa shape index (κ1) is 20.1. The summed E-state index contributed by atoms with van der Waals surface area (Å²) < 4.78 is 0.907. The Morgan fingerprint density at radius 2 is 1.89 bits per heavy atom. The zero-order valence-electron chi connectivity index (χ0n) is 15.8. The van der Waals surface area contributed by atoms with E-state index in [4.69, 9.17) is 0 Å². The van der Waals surface area contributed by atoms with Crippen LogP contribution in [0.5, 0.6) is 0 Å². The van der Waals surface area contributed by atoms with Crippen molar-refractivity contribution in [3.05, 3.63) is 64.1 Å². The van der Waals surface area contributed by atoms with Gasteiger partial charge in [-0.25, -0.2) is 4.79 Å². The van der Waals surface area contributed by atoms with Gasteiger partial charge in [-0.2, -0.15) is 0 Å². The third-order valence-corrected chi connectivity index (χ3v) is 5.32. The Labute approximate surface area is 172 Å². The second-order valence-electron chi connectivity index (χ2n) is 6.85. The number of amides is 4. The van der Waals surface area contributed by atoms with E-state index in [1.165, 1.54) is 0 Å². The van der Waals surface area contributed by atoms with Crippen molar-refractivity contribution in [2.24, 2.45) is 0 Å². The van der Waals surface area contributed by atoms with Crippen LogP contribution in [-0.4, -0.2) is 29.3 Å². The number of imide groups is 1. The van der Waals surface area contributed by atoms with Gasteiger partial charge in [0.2, 0.25) is 5.91 Å². The molecular weight excluding hydrogens is 422 g/mol. The van der Waals surface area contributed by atoms with Gasteiger partial charge in [-0.1, -0.05) is 59.6 Å². The maximum absolute atomic E-state index is 13.2. The van der Waals surface area contributed by atoms with E-state index in [2.05, 4.69) is 26.6 Å². The number of aryl methyl sites for hydroxylation is 1. The fourth-order valence-electron chi connectivity index (χ4n) is 3.48. The number of halogens is 1. The van der Waals surface area contributed by atoms with E-state index >= 15 is 0 Å². The molecule has 2 aromatic rings. The van der Waals surface area contributed by atoms with Crippen LogP contribution in [0.15, 0.2) is 53.0 Å². The van der Waals surface area contributed by atoms with Crippen molar-refractivity contribution in [2.45, 2.75) is 32.2 Å². The van der Waals surface area contributed by atoms with Gasteiger partial charge < -0.3 is 10.6 Å². The molecule has 0 bridgehead atoms. The zero-order valence-corrected chi connectivity index (χ0v) is 17.4. The van der Waals surface area contributed by atoms with Crippen LogP contribution in [0.4, 0.5) is 10.5 Å². The van der Waals surface area contributed by atoms with Crippen molar-refractivity contribution in [3.63, 3.8) is 0 Å². The monoisotopic (exact) mass is 443 g/mol. The maximum atomic E-state index is 13.2. The van der Waals surface area contributed by atoms with Crippen LogP contribution in [0.1, 0.15) is 30.9 Å². The SMILES string of the molecule is CCCC1(c2ccccc2)NC(=O)N(CC(=O)Nc2ccc(Br)cc2C)C1=O. The number of hydrogen-bond donors (Lipinski definition) is 2. The smallest absolute Gasteiger partial charge is 0.324 e. The molecule has 1 heterocycles. The number of carbonyl (C=O) groups is 3. The molecule has 4 amide bonds. The van der Waals surface area contributed by atoms with Crippen molar-refractivity contribution in [1.29, 1.82) is 0 Å². The number of nitrogens with zero attached hydrogens (tertiary/aromatic N) is 1. The van der Waals surface area contributed by atoms with E-state index in [0.717, 1.165) is 20.5 Å². The van der Waals surface area contributed by atoms with Crippen molar-refractivity contribution in [2.75, 3.05) is 11.9 Å². The highest BCUT2D eigenvalue weighted by Gasteiger charge is 2.52. The van der Waals surface area contributed by atoms with Gasteiger partial charge in [-0.15, -0.1) is 0 Å². The van der Waals surface area contributed by atoms with Gasteiger partial charge in [-0.05, 0) is 42.7 Å². The molecular formula is C21H22BrN3O3. The summed E-state index contributed by atoms with van der Waals surface area (Å²) in [6, 6.07) is 14.1. The molecule has 0 aromatic heterocycles. The number of rotatable bonds is 6. The van der Waals surface area contributed by atoms with E-state index in [1.807, 2.05) is 56.3 Å². The molecule has 0 saturated carbocycles. The van der Waals surface area contributed by atoms with E-state index < -0.39 is 23.4 Å². The number of urea groups is 1. The zero-order chi connectivity index (χ0) is 20.3. The summed E-state index contributed by atoms with van der Waals surface area (Å²) >= 11 is 3.38. The average Bonchev–Trinajstić information content (AvgIpc) is 2.90. The lowest BCUT2D eigenvalue weighted by molar-refractivity contribution is -0.134. The lowest BCUT2D eigenvalue weighted by Gasteiger charge is -2.26. The number of carbonyl (C=O) groups excluding carboxylic acids is 3. The Kier molecular flexibility index (Phi) is 5.84. The maximum Gasteiger partial charge on any atom is 0.325 e. The lowest BCUT2D eigenvalue weighted by Crippen LogP contribution is -2.44. The standard InChI is InChI=1S/C21H22BrN3O3/c1-3-11-21(15-7-5-4-6-8-15)19(27)25(20(28)24-21)13-18(26)23-17-10-9-16(22)12-14(17)2/h4-10,12H,3,11,13H2,1-2H3,(H,23,26)(H,24,28). The van der Waals surface area contributed by atoms with Crippen LogP contribution < -0.4 is 10.6 Å². The molecule has 1 saturated heterocycles. The average molecular weight is 444 g/mol. The first-order valence-electron chi connectivity index (χ1n) is 9.13. The molecule has 7 heteroatoms. The van der Waals surface area contributed by atoms with E-state index in [9.17, 15) is 14.4 Å². The van der Waals surface area contributed by atoms with Gasteiger partial charge in [0.15, 0.2) is 0 Å². The predicted molar refractivity (Wildman–Crippen MR) is 111 cm³/mol. The fraction of sp³-hybridized carbons (Fsp3) is 0.286. The summed E-state index contributed by atoms with van der Waals surface area (Å²) in [6.45, 7) is 3.49. The first-order chi connectivity index (χ1) is 13.4. The van der Waals surface area contributed by atoms with Crippen LogP contribution in [0.25, 0.3) is 0 Å². The minimum Gasteiger partial charge on any atom is -0.324 e. The van der Waals surface area contributed by atoms with Crippen LogP contribution >= 0.6 is 15.9 Å². The second kappa shape index (κ2) is 8.14. The molecule has 1 aliphatic rings. The van der Waals surface area contributed by atoms with E-state index in [1.54, 1.807) is 6.07 Å². The van der Waals surface area contributed by atoms with Crippen molar-refractivity contribution < 1.29 is 14.4 Å². The van der Waals surface area contributed by atoms with Crippen molar-refractivity contribution in [1.82, 2.24) is 10.2 Å². The number of nitrogens with one attached hydrogen (secondary N) is 2. The molecule has 0 aliphatic carbocycles. The van der Waals surface area contributed by atoms with Gasteiger partial charge in [-0.3, -0.25) is 14.5 Å². The minimum atomic E-state index is -1.12. The molecule has 0 radical (unpaired) electrons. The molecule has 146 valence electrons. The Balaban J connectivity index is 1.80.